The van der Waals surface area contributed by atoms with E-state index in [1.165, 1.54) is 5.57 Å². The summed E-state index contributed by atoms with van der Waals surface area (Å²) < 4.78 is 16.5. The van der Waals surface area contributed by atoms with Gasteiger partial charge in [-0.1, -0.05) is 6.92 Å². The van der Waals surface area contributed by atoms with Gasteiger partial charge in [0.15, 0.2) is 6.29 Å². The van der Waals surface area contributed by atoms with E-state index in [1.807, 2.05) is 6.26 Å². The topological polar surface area (TPSA) is 39.7 Å². The largest absolute Gasteiger partial charge is 0.501 e. The summed E-state index contributed by atoms with van der Waals surface area (Å²) in [6, 6.07) is 0.332. The van der Waals surface area contributed by atoms with Gasteiger partial charge >= 0.3 is 0 Å². The Bertz CT molecular complexity index is 249. The number of hydrogen-bond acceptors (Lipinski definition) is 4. The minimum atomic E-state index is -0.0489. The molecule has 0 aromatic heterocycles. The molecule has 0 spiro atoms. The van der Waals surface area contributed by atoms with Crippen molar-refractivity contribution in [3.8, 4) is 0 Å². The number of hydrogen-bond donors (Lipinski definition) is 1. The van der Waals surface area contributed by atoms with Gasteiger partial charge in [-0.25, -0.2) is 0 Å². The second kappa shape index (κ2) is 6.99. The van der Waals surface area contributed by atoms with Gasteiger partial charge in [-0.05, 0) is 31.4 Å². The fourth-order valence-corrected chi connectivity index (χ4v) is 2.26. The van der Waals surface area contributed by atoms with Crippen molar-refractivity contribution in [2.75, 3.05) is 26.4 Å². The molecule has 0 bridgehead atoms. The van der Waals surface area contributed by atoms with Crippen LogP contribution in [0.25, 0.3) is 0 Å². The highest BCUT2D eigenvalue weighted by Crippen LogP contribution is 2.21. The van der Waals surface area contributed by atoms with Gasteiger partial charge < -0.3 is 19.5 Å². The van der Waals surface area contributed by atoms with E-state index in [9.17, 15) is 0 Å². The molecule has 2 rings (SSSR count). The molecule has 1 saturated heterocycles. The lowest BCUT2D eigenvalue weighted by Gasteiger charge is -2.26. The molecule has 1 atom stereocenters. The molecule has 0 saturated carbocycles. The molecule has 0 aromatic carbocycles. The molecule has 2 aliphatic heterocycles. The summed E-state index contributed by atoms with van der Waals surface area (Å²) in [4.78, 5) is 0. The molecule has 0 radical (unpaired) electrons. The van der Waals surface area contributed by atoms with Crippen LogP contribution in [0.1, 0.15) is 32.6 Å². The third-order valence-corrected chi connectivity index (χ3v) is 3.17. The van der Waals surface area contributed by atoms with Gasteiger partial charge in [0.05, 0.1) is 26.1 Å². The minimum absolute atomic E-state index is 0.0489. The summed E-state index contributed by atoms with van der Waals surface area (Å²) in [5.74, 6) is 0. The van der Waals surface area contributed by atoms with Crippen molar-refractivity contribution in [1.29, 1.82) is 0 Å². The van der Waals surface area contributed by atoms with E-state index in [1.54, 1.807) is 0 Å². The van der Waals surface area contributed by atoms with Crippen LogP contribution in [0.5, 0.6) is 0 Å². The third-order valence-electron chi connectivity index (χ3n) is 3.17. The van der Waals surface area contributed by atoms with Crippen LogP contribution in [0.4, 0.5) is 0 Å². The fraction of sp³-hybridized carbons (Fsp3) is 0.846. The second-order valence-corrected chi connectivity index (χ2v) is 4.58. The molecule has 1 fully saturated rings. The Hall–Kier alpha value is -0.580. The fourth-order valence-electron chi connectivity index (χ4n) is 2.26. The van der Waals surface area contributed by atoms with Gasteiger partial charge in [0, 0.05) is 12.5 Å². The second-order valence-electron chi connectivity index (χ2n) is 4.58. The molecule has 4 heteroatoms. The first-order valence-corrected chi connectivity index (χ1v) is 6.67. The van der Waals surface area contributed by atoms with Gasteiger partial charge in [-0.3, -0.25) is 0 Å². The molecule has 1 N–H and O–H groups in total. The molecule has 2 aliphatic rings. The molecule has 0 amide bonds. The lowest BCUT2D eigenvalue weighted by molar-refractivity contribution is -0.0510. The maximum atomic E-state index is 5.52. The summed E-state index contributed by atoms with van der Waals surface area (Å²) in [5.41, 5.74) is 1.35. The highest BCUT2D eigenvalue weighted by Gasteiger charge is 2.24. The van der Waals surface area contributed by atoms with Crippen LogP contribution in [-0.2, 0) is 14.2 Å². The van der Waals surface area contributed by atoms with E-state index in [2.05, 4.69) is 12.2 Å². The van der Waals surface area contributed by atoms with Crippen molar-refractivity contribution in [2.24, 2.45) is 0 Å². The zero-order valence-electron chi connectivity index (χ0n) is 10.6. The van der Waals surface area contributed by atoms with Gasteiger partial charge in [0.25, 0.3) is 0 Å². The predicted octanol–water partition coefficient (Wildman–Crippen LogP) is 1.81. The normalized spacial score (nSPS) is 23.2. The third kappa shape index (κ3) is 3.98. The van der Waals surface area contributed by atoms with Crippen LogP contribution in [0.2, 0.25) is 0 Å². The molecule has 17 heavy (non-hydrogen) atoms. The Labute approximate surface area is 103 Å². The van der Waals surface area contributed by atoms with Crippen molar-refractivity contribution in [1.82, 2.24) is 5.32 Å². The lowest BCUT2D eigenvalue weighted by atomic mass is 9.99. The van der Waals surface area contributed by atoms with E-state index in [0.717, 1.165) is 52.0 Å². The molecule has 98 valence electrons. The summed E-state index contributed by atoms with van der Waals surface area (Å²) in [5, 5.41) is 3.56. The zero-order valence-corrected chi connectivity index (χ0v) is 10.6. The van der Waals surface area contributed by atoms with Crippen molar-refractivity contribution in [2.45, 2.75) is 44.9 Å². The van der Waals surface area contributed by atoms with Crippen molar-refractivity contribution in [3.05, 3.63) is 11.8 Å². The molecule has 4 nitrogen and oxygen atoms in total. The summed E-state index contributed by atoms with van der Waals surface area (Å²) in [7, 11) is 0. The van der Waals surface area contributed by atoms with Crippen LogP contribution >= 0.6 is 0 Å². The first-order chi connectivity index (χ1) is 8.40. The van der Waals surface area contributed by atoms with Gasteiger partial charge in [0.2, 0.25) is 0 Å². The molecule has 1 unspecified atom stereocenters. The summed E-state index contributed by atoms with van der Waals surface area (Å²) >= 11 is 0. The van der Waals surface area contributed by atoms with E-state index >= 15 is 0 Å². The van der Waals surface area contributed by atoms with E-state index in [4.69, 9.17) is 14.2 Å². The quantitative estimate of drug-likeness (QED) is 0.770. The van der Waals surface area contributed by atoms with E-state index in [-0.39, 0.29) is 6.29 Å². The number of rotatable bonds is 6. The van der Waals surface area contributed by atoms with Crippen LogP contribution in [0, 0.1) is 0 Å². The Balaban J connectivity index is 1.88. The minimum Gasteiger partial charge on any atom is -0.501 e. The van der Waals surface area contributed by atoms with Gasteiger partial charge in [-0.15, -0.1) is 0 Å². The Morgan fingerprint density at radius 3 is 2.82 bits per heavy atom. The van der Waals surface area contributed by atoms with Crippen LogP contribution in [0.3, 0.4) is 0 Å². The Morgan fingerprint density at radius 1 is 1.35 bits per heavy atom. The predicted molar refractivity (Wildman–Crippen MR) is 65.7 cm³/mol. The Kier molecular flexibility index (Phi) is 5.29. The maximum Gasteiger partial charge on any atom is 0.159 e. The molecular weight excluding hydrogens is 218 g/mol. The highest BCUT2D eigenvalue weighted by atomic mass is 16.7. The average molecular weight is 241 g/mol. The van der Waals surface area contributed by atoms with Crippen LogP contribution < -0.4 is 5.32 Å². The van der Waals surface area contributed by atoms with Crippen LogP contribution in [-0.4, -0.2) is 38.7 Å². The summed E-state index contributed by atoms with van der Waals surface area (Å²) in [6.45, 7) is 5.49. The SMILES string of the molecule is CCCNC(CC1OCCO1)C1=COCCC1. The van der Waals surface area contributed by atoms with Gasteiger partial charge in [-0.2, -0.15) is 0 Å². The first kappa shape index (κ1) is 12.9. The average Bonchev–Trinajstić information content (AvgIpc) is 2.88. The Morgan fingerprint density at radius 2 is 2.18 bits per heavy atom. The molecular formula is C13H23NO3. The van der Waals surface area contributed by atoms with Crippen LogP contribution in [0.15, 0.2) is 11.8 Å². The molecule has 0 aliphatic carbocycles. The first-order valence-electron chi connectivity index (χ1n) is 6.67. The van der Waals surface area contributed by atoms with Crippen molar-refractivity contribution < 1.29 is 14.2 Å². The molecule has 2 heterocycles. The maximum absolute atomic E-state index is 5.52. The molecule has 0 aromatic rings. The monoisotopic (exact) mass is 241 g/mol. The van der Waals surface area contributed by atoms with E-state index in [0.29, 0.717) is 6.04 Å². The van der Waals surface area contributed by atoms with Gasteiger partial charge in [0.1, 0.15) is 0 Å². The highest BCUT2D eigenvalue weighted by molar-refractivity contribution is 5.10. The zero-order chi connectivity index (χ0) is 11.9. The number of nitrogens with one attached hydrogen (secondary N) is 1. The smallest absolute Gasteiger partial charge is 0.159 e. The summed E-state index contributed by atoms with van der Waals surface area (Å²) in [6.07, 6.45) is 6.13. The number of ether oxygens (including phenoxy) is 3. The standard InChI is InChI=1S/C13H23NO3/c1-2-5-14-12(9-13-16-7-8-17-13)11-4-3-6-15-10-11/h10,12-14H,2-9H2,1H3. The lowest BCUT2D eigenvalue weighted by Crippen LogP contribution is -2.36. The van der Waals surface area contributed by atoms with E-state index < -0.39 is 0 Å². The van der Waals surface area contributed by atoms with Crippen molar-refractivity contribution in [3.63, 3.8) is 0 Å². The van der Waals surface area contributed by atoms with Crippen molar-refractivity contribution >= 4 is 0 Å².